The molecule has 4 nitrogen and oxygen atoms in total. The number of ether oxygens (including phenoxy) is 1. The van der Waals surface area contributed by atoms with E-state index in [0.29, 0.717) is 11.4 Å². The molecular formula is C15H20FN3O. The van der Waals surface area contributed by atoms with E-state index < -0.39 is 0 Å². The van der Waals surface area contributed by atoms with E-state index in [1.807, 2.05) is 0 Å². The first-order valence-corrected chi connectivity index (χ1v) is 6.73. The lowest BCUT2D eigenvalue weighted by molar-refractivity contribution is 0.373. The van der Waals surface area contributed by atoms with Gasteiger partial charge in [0.1, 0.15) is 11.6 Å². The van der Waals surface area contributed by atoms with Gasteiger partial charge in [0.15, 0.2) is 0 Å². The highest BCUT2D eigenvalue weighted by molar-refractivity contribution is 5.81. The minimum atomic E-state index is -0.366. The monoisotopic (exact) mass is 277 g/mol. The van der Waals surface area contributed by atoms with E-state index in [4.69, 9.17) is 10.5 Å². The van der Waals surface area contributed by atoms with Crippen LogP contribution in [0.1, 0.15) is 12.8 Å². The van der Waals surface area contributed by atoms with Gasteiger partial charge in [0.05, 0.1) is 12.8 Å². The summed E-state index contributed by atoms with van der Waals surface area (Å²) in [6.07, 6.45) is 5.71. The second-order valence-corrected chi connectivity index (χ2v) is 4.83. The van der Waals surface area contributed by atoms with Crippen molar-refractivity contribution >= 4 is 11.9 Å². The van der Waals surface area contributed by atoms with Crippen molar-refractivity contribution in [3.05, 3.63) is 35.8 Å². The van der Waals surface area contributed by atoms with Crippen LogP contribution in [0, 0.1) is 5.82 Å². The third-order valence-electron chi connectivity index (χ3n) is 3.29. The van der Waals surface area contributed by atoms with Gasteiger partial charge in [-0.05, 0) is 43.8 Å². The van der Waals surface area contributed by atoms with Crippen molar-refractivity contribution < 1.29 is 9.13 Å². The molecule has 0 radical (unpaired) electrons. The molecule has 1 aliphatic rings. The van der Waals surface area contributed by atoms with Crippen LogP contribution in [-0.4, -0.2) is 37.9 Å². The van der Waals surface area contributed by atoms with Gasteiger partial charge in [-0.15, -0.1) is 0 Å². The lowest BCUT2D eigenvalue weighted by atomic mass is 10.2. The van der Waals surface area contributed by atoms with Gasteiger partial charge in [-0.2, -0.15) is 0 Å². The molecule has 1 aliphatic heterocycles. The Morgan fingerprint density at radius 2 is 2.15 bits per heavy atom. The van der Waals surface area contributed by atoms with Crippen molar-refractivity contribution in [2.24, 2.45) is 10.7 Å². The molecular weight excluding hydrogens is 257 g/mol. The second kappa shape index (κ2) is 7.05. The summed E-state index contributed by atoms with van der Waals surface area (Å²) in [6.45, 7) is 2.98. The van der Waals surface area contributed by atoms with Gasteiger partial charge < -0.3 is 10.5 Å². The van der Waals surface area contributed by atoms with Gasteiger partial charge in [0, 0.05) is 24.9 Å². The summed E-state index contributed by atoms with van der Waals surface area (Å²) < 4.78 is 18.4. The zero-order chi connectivity index (χ0) is 14.4. The van der Waals surface area contributed by atoms with Gasteiger partial charge in [-0.25, -0.2) is 4.39 Å². The summed E-state index contributed by atoms with van der Waals surface area (Å²) in [6, 6.07) is 4.37. The first-order valence-electron chi connectivity index (χ1n) is 6.73. The molecule has 0 spiro atoms. The molecule has 0 saturated carbocycles. The van der Waals surface area contributed by atoms with E-state index in [9.17, 15) is 4.39 Å². The minimum absolute atomic E-state index is 0.366. The summed E-state index contributed by atoms with van der Waals surface area (Å²) >= 11 is 0. The largest absolute Gasteiger partial charge is 0.497 e. The molecule has 0 unspecified atom stereocenters. The van der Waals surface area contributed by atoms with Gasteiger partial charge >= 0.3 is 0 Å². The van der Waals surface area contributed by atoms with Crippen LogP contribution in [0.2, 0.25) is 0 Å². The number of nitrogens with two attached hydrogens (primary N) is 1. The number of benzene rings is 1. The molecule has 2 N–H and O–H groups in total. The Morgan fingerprint density at radius 1 is 1.40 bits per heavy atom. The van der Waals surface area contributed by atoms with E-state index >= 15 is 0 Å². The summed E-state index contributed by atoms with van der Waals surface area (Å²) in [4.78, 5) is 6.60. The van der Waals surface area contributed by atoms with E-state index in [1.165, 1.54) is 32.1 Å². The summed E-state index contributed by atoms with van der Waals surface area (Å²) in [5, 5.41) is 0. The quantitative estimate of drug-likeness (QED) is 0.841. The number of aliphatic imine (C=N–C) groups is 1. The molecule has 0 aliphatic carbocycles. The maximum Gasteiger partial charge on any atom is 0.129 e. The fourth-order valence-corrected chi connectivity index (χ4v) is 2.23. The molecule has 0 atom stereocenters. The molecule has 20 heavy (non-hydrogen) atoms. The van der Waals surface area contributed by atoms with E-state index in [1.54, 1.807) is 18.5 Å². The molecule has 1 fully saturated rings. The Morgan fingerprint density at radius 3 is 2.80 bits per heavy atom. The topological polar surface area (TPSA) is 50.9 Å². The lowest BCUT2D eigenvalue weighted by Gasteiger charge is -2.14. The molecule has 0 amide bonds. The molecule has 108 valence electrons. The fraction of sp³-hybridized carbons (Fsp3) is 0.400. The van der Waals surface area contributed by atoms with E-state index in [0.717, 1.165) is 25.2 Å². The van der Waals surface area contributed by atoms with Crippen LogP contribution in [-0.2, 0) is 0 Å². The number of rotatable bonds is 5. The molecule has 0 bridgehead atoms. The van der Waals surface area contributed by atoms with E-state index in [-0.39, 0.29) is 5.82 Å². The third kappa shape index (κ3) is 4.06. The van der Waals surface area contributed by atoms with Crippen LogP contribution in [0.5, 0.6) is 5.75 Å². The van der Waals surface area contributed by atoms with Crippen molar-refractivity contribution in [1.82, 2.24) is 4.90 Å². The molecule has 1 aromatic rings. The lowest BCUT2D eigenvalue weighted by Crippen LogP contribution is -2.22. The Labute approximate surface area is 118 Å². The normalized spacial score (nSPS) is 17.0. The van der Waals surface area contributed by atoms with Crippen LogP contribution < -0.4 is 10.5 Å². The van der Waals surface area contributed by atoms with Crippen molar-refractivity contribution in [2.45, 2.75) is 12.8 Å². The first kappa shape index (κ1) is 14.5. The van der Waals surface area contributed by atoms with Gasteiger partial charge in [0.2, 0.25) is 0 Å². The van der Waals surface area contributed by atoms with Gasteiger partial charge in [0.25, 0.3) is 0 Å². The number of hydrogen-bond acceptors (Lipinski definition) is 4. The number of halogens is 1. The van der Waals surface area contributed by atoms with Crippen molar-refractivity contribution in [1.29, 1.82) is 0 Å². The van der Waals surface area contributed by atoms with Crippen LogP contribution in [0.3, 0.4) is 0 Å². The number of hydrogen-bond donors (Lipinski definition) is 1. The maximum absolute atomic E-state index is 13.3. The summed E-state index contributed by atoms with van der Waals surface area (Å²) in [7, 11) is 1.50. The van der Waals surface area contributed by atoms with Crippen LogP contribution >= 0.6 is 0 Å². The molecule has 1 heterocycles. The second-order valence-electron chi connectivity index (χ2n) is 4.83. The average molecular weight is 277 g/mol. The fourth-order valence-electron chi connectivity index (χ4n) is 2.23. The zero-order valence-electron chi connectivity index (χ0n) is 11.7. The Hall–Kier alpha value is -1.88. The molecule has 5 heteroatoms. The van der Waals surface area contributed by atoms with Crippen LogP contribution in [0.25, 0.3) is 0 Å². The van der Waals surface area contributed by atoms with Crippen molar-refractivity contribution in [3.8, 4) is 5.75 Å². The molecule has 1 aromatic carbocycles. The summed E-state index contributed by atoms with van der Waals surface area (Å²) in [5.74, 6) is 0.0873. The Kier molecular flexibility index (Phi) is 5.12. The predicted octanol–water partition coefficient (Wildman–Crippen LogP) is 2.48. The molecule has 1 saturated heterocycles. The predicted molar refractivity (Wildman–Crippen MR) is 79.0 cm³/mol. The first-order chi connectivity index (χ1) is 9.71. The highest BCUT2D eigenvalue weighted by atomic mass is 19.1. The molecule has 0 aromatic heterocycles. The van der Waals surface area contributed by atoms with E-state index in [2.05, 4.69) is 9.89 Å². The van der Waals surface area contributed by atoms with Crippen molar-refractivity contribution in [3.63, 3.8) is 0 Å². The minimum Gasteiger partial charge on any atom is -0.497 e. The van der Waals surface area contributed by atoms with Crippen LogP contribution in [0.15, 0.2) is 35.0 Å². The third-order valence-corrected chi connectivity index (χ3v) is 3.29. The number of methoxy groups -OCH3 is 1. The Bertz CT molecular complexity index is 508. The zero-order valence-corrected chi connectivity index (χ0v) is 11.7. The smallest absolute Gasteiger partial charge is 0.129 e. The Balaban J connectivity index is 2.04. The van der Waals surface area contributed by atoms with Crippen molar-refractivity contribution in [2.75, 3.05) is 26.7 Å². The van der Waals surface area contributed by atoms with Gasteiger partial charge in [-0.3, -0.25) is 9.89 Å². The number of likely N-dealkylation sites (tertiary alicyclic amines) is 1. The highest BCUT2D eigenvalue weighted by Crippen LogP contribution is 2.22. The highest BCUT2D eigenvalue weighted by Gasteiger charge is 2.12. The SMILES string of the molecule is COc1cc(F)cc(N=C/C(=C\N)CN2CCCC2)c1. The van der Waals surface area contributed by atoms with Gasteiger partial charge in [-0.1, -0.05) is 0 Å². The molecule has 2 rings (SSSR count). The number of nitrogens with zero attached hydrogens (tertiary/aromatic N) is 2. The summed E-state index contributed by atoms with van der Waals surface area (Å²) in [5.41, 5.74) is 7.06. The van der Waals surface area contributed by atoms with Crippen LogP contribution in [0.4, 0.5) is 10.1 Å². The average Bonchev–Trinajstić information content (AvgIpc) is 2.95. The maximum atomic E-state index is 13.3. The standard InChI is InChI=1S/C15H20FN3O/c1-20-15-7-13(16)6-14(8-15)18-10-12(9-17)11-19-4-2-3-5-19/h6-10H,2-5,11,17H2,1H3/b12-9+,18-10?.